The summed E-state index contributed by atoms with van der Waals surface area (Å²) in [5, 5.41) is 10.3. The van der Waals surface area contributed by atoms with Crippen LogP contribution in [0.2, 0.25) is 5.15 Å². The summed E-state index contributed by atoms with van der Waals surface area (Å²) in [5.41, 5.74) is 5.80. The van der Waals surface area contributed by atoms with E-state index < -0.39 is 0 Å². The van der Waals surface area contributed by atoms with Crippen LogP contribution in [-0.4, -0.2) is 22.1 Å². The second kappa shape index (κ2) is 5.42. The van der Waals surface area contributed by atoms with Gasteiger partial charge in [-0.05, 0) is 17.5 Å². The minimum absolute atomic E-state index is 0.108. The molecule has 1 unspecified atom stereocenters. The number of nitrogens with one attached hydrogen (secondary N) is 1. The molecule has 0 fully saturated rings. The molecule has 1 amide bonds. The summed E-state index contributed by atoms with van der Waals surface area (Å²) in [4.78, 5) is 11.7. The number of carbonyl (C=O) groups excluding carboxylic acids is 1. The maximum Gasteiger partial charge on any atom is 0.227 e. The first kappa shape index (κ1) is 13.9. The molecule has 1 heterocycles. The summed E-state index contributed by atoms with van der Waals surface area (Å²) < 4.78 is 0. The van der Waals surface area contributed by atoms with E-state index in [4.69, 9.17) is 17.3 Å². The van der Waals surface area contributed by atoms with E-state index in [1.807, 2.05) is 20.8 Å². The van der Waals surface area contributed by atoms with Crippen molar-refractivity contribution >= 4 is 23.3 Å². The zero-order valence-electron chi connectivity index (χ0n) is 10.2. The van der Waals surface area contributed by atoms with Crippen LogP contribution in [0.1, 0.15) is 27.2 Å². The molecule has 1 atom stereocenters. The molecule has 1 aromatic rings. The average Bonchev–Trinajstić information content (AvgIpc) is 2.20. The van der Waals surface area contributed by atoms with Crippen LogP contribution in [0.3, 0.4) is 0 Å². The number of amides is 1. The van der Waals surface area contributed by atoms with E-state index in [9.17, 15) is 4.79 Å². The summed E-state index contributed by atoms with van der Waals surface area (Å²) >= 11 is 5.59. The van der Waals surface area contributed by atoms with Gasteiger partial charge in [0.2, 0.25) is 5.91 Å². The van der Waals surface area contributed by atoms with Crippen molar-refractivity contribution in [2.75, 3.05) is 5.32 Å². The lowest BCUT2D eigenvalue weighted by Gasteiger charge is -2.26. The van der Waals surface area contributed by atoms with Gasteiger partial charge in [-0.15, -0.1) is 10.2 Å². The van der Waals surface area contributed by atoms with Crippen LogP contribution < -0.4 is 11.1 Å². The number of anilines is 1. The van der Waals surface area contributed by atoms with Gasteiger partial charge in [0.1, 0.15) is 0 Å². The zero-order valence-corrected chi connectivity index (χ0v) is 11.0. The van der Waals surface area contributed by atoms with Crippen LogP contribution in [0.25, 0.3) is 0 Å². The molecule has 3 N–H and O–H groups in total. The monoisotopic (exact) mass is 256 g/mol. The number of halogens is 1. The standard InChI is InChI=1S/C11H17ClN4O/c1-11(2,3)7(13)6-10(17)14-9-5-4-8(12)15-16-9/h4-5,7H,6,13H2,1-3H3,(H,14,16,17). The van der Waals surface area contributed by atoms with Crippen LogP contribution in [0, 0.1) is 5.41 Å². The molecule has 0 bridgehead atoms. The maximum absolute atomic E-state index is 11.7. The van der Waals surface area contributed by atoms with Gasteiger partial charge in [0.25, 0.3) is 0 Å². The number of aromatic nitrogens is 2. The van der Waals surface area contributed by atoms with E-state index in [0.717, 1.165) is 0 Å². The molecule has 1 aromatic heterocycles. The molecular formula is C11H17ClN4O. The molecule has 0 saturated carbocycles. The van der Waals surface area contributed by atoms with Gasteiger partial charge in [0.15, 0.2) is 11.0 Å². The second-order valence-electron chi connectivity index (χ2n) is 4.97. The Kier molecular flexibility index (Phi) is 4.42. The normalized spacial score (nSPS) is 13.2. The van der Waals surface area contributed by atoms with Gasteiger partial charge < -0.3 is 11.1 Å². The lowest BCUT2D eigenvalue weighted by Crippen LogP contribution is -2.38. The molecule has 5 nitrogen and oxygen atoms in total. The smallest absolute Gasteiger partial charge is 0.227 e. The van der Waals surface area contributed by atoms with Crippen molar-refractivity contribution in [1.29, 1.82) is 0 Å². The summed E-state index contributed by atoms with van der Waals surface area (Å²) in [5.74, 6) is 0.199. The first-order valence-corrected chi connectivity index (χ1v) is 5.71. The van der Waals surface area contributed by atoms with Crippen molar-refractivity contribution < 1.29 is 4.79 Å². The highest BCUT2D eigenvalue weighted by molar-refractivity contribution is 6.29. The number of nitrogens with zero attached hydrogens (tertiary/aromatic N) is 2. The third-order valence-corrected chi connectivity index (χ3v) is 2.62. The molecule has 0 aliphatic carbocycles. The first-order valence-electron chi connectivity index (χ1n) is 5.33. The Labute approximate surface area is 106 Å². The fourth-order valence-corrected chi connectivity index (χ4v) is 1.18. The van der Waals surface area contributed by atoms with Crippen LogP contribution in [0.4, 0.5) is 5.82 Å². The van der Waals surface area contributed by atoms with Gasteiger partial charge in [-0.25, -0.2) is 0 Å². The molecule has 6 heteroatoms. The second-order valence-corrected chi connectivity index (χ2v) is 5.35. The molecule has 0 spiro atoms. The van der Waals surface area contributed by atoms with Crippen LogP contribution in [0.15, 0.2) is 12.1 Å². The number of nitrogens with two attached hydrogens (primary N) is 1. The quantitative estimate of drug-likeness (QED) is 0.865. The van der Waals surface area contributed by atoms with Crippen LogP contribution in [-0.2, 0) is 4.79 Å². The maximum atomic E-state index is 11.7. The predicted octanol–water partition coefficient (Wildman–Crippen LogP) is 1.83. The summed E-state index contributed by atoms with van der Waals surface area (Å²) in [7, 11) is 0. The average molecular weight is 257 g/mol. The highest BCUT2D eigenvalue weighted by atomic mass is 35.5. The topological polar surface area (TPSA) is 80.9 Å². The Balaban J connectivity index is 2.53. The van der Waals surface area contributed by atoms with Crippen LogP contribution in [0.5, 0.6) is 0 Å². The predicted molar refractivity (Wildman–Crippen MR) is 67.7 cm³/mol. The molecule has 0 saturated heterocycles. The van der Waals surface area contributed by atoms with Crippen molar-refractivity contribution in [3.05, 3.63) is 17.3 Å². The summed E-state index contributed by atoms with van der Waals surface area (Å²) in [6, 6.07) is 2.95. The van der Waals surface area contributed by atoms with Gasteiger partial charge in [0.05, 0.1) is 0 Å². The Morgan fingerprint density at radius 1 is 1.47 bits per heavy atom. The van der Waals surface area contributed by atoms with Crippen molar-refractivity contribution in [1.82, 2.24) is 10.2 Å². The lowest BCUT2D eigenvalue weighted by molar-refractivity contribution is -0.117. The van der Waals surface area contributed by atoms with Crippen molar-refractivity contribution in [3.63, 3.8) is 0 Å². The minimum atomic E-state index is -0.206. The molecule has 17 heavy (non-hydrogen) atoms. The molecule has 1 rings (SSSR count). The van der Waals surface area contributed by atoms with E-state index in [-0.39, 0.29) is 28.9 Å². The van der Waals surface area contributed by atoms with Gasteiger partial charge in [-0.3, -0.25) is 4.79 Å². The van der Waals surface area contributed by atoms with Crippen LogP contribution >= 0.6 is 11.6 Å². The Hall–Kier alpha value is -1.20. The third-order valence-electron chi connectivity index (χ3n) is 2.42. The van der Waals surface area contributed by atoms with E-state index in [1.54, 1.807) is 12.1 Å². The fraction of sp³-hybridized carbons (Fsp3) is 0.545. The SMILES string of the molecule is CC(C)(C)C(N)CC(=O)Nc1ccc(Cl)nn1. The lowest BCUT2D eigenvalue weighted by atomic mass is 9.85. The Morgan fingerprint density at radius 2 is 2.12 bits per heavy atom. The van der Waals surface area contributed by atoms with Gasteiger partial charge in [-0.2, -0.15) is 0 Å². The van der Waals surface area contributed by atoms with E-state index >= 15 is 0 Å². The van der Waals surface area contributed by atoms with Gasteiger partial charge in [-0.1, -0.05) is 32.4 Å². The highest BCUT2D eigenvalue weighted by Crippen LogP contribution is 2.20. The molecule has 0 radical (unpaired) electrons. The van der Waals surface area contributed by atoms with Crippen molar-refractivity contribution in [2.24, 2.45) is 11.1 Å². The largest absolute Gasteiger partial charge is 0.327 e. The van der Waals surface area contributed by atoms with Gasteiger partial charge in [0, 0.05) is 12.5 Å². The third kappa shape index (κ3) is 4.66. The summed E-state index contributed by atoms with van der Waals surface area (Å²) in [6.07, 6.45) is 0.244. The minimum Gasteiger partial charge on any atom is -0.327 e. The number of rotatable bonds is 3. The first-order chi connectivity index (χ1) is 7.79. The Morgan fingerprint density at radius 3 is 2.59 bits per heavy atom. The molecule has 0 aromatic carbocycles. The highest BCUT2D eigenvalue weighted by Gasteiger charge is 2.23. The van der Waals surface area contributed by atoms with E-state index in [1.165, 1.54) is 0 Å². The number of hydrogen-bond donors (Lipinski definition) is 2. The molecule has 0 aliphatic heterocycles. The van der Waals surface area contributed by atoms with Crippen molar-refractivity contribution in [3.8, 4) is 0 Å². The number of carbonyl (C=O) groups is 1. The van der Waals surface area contributed by atoms with Crippen molar-refractivity contribution in [2.45, 2.75) is 33.2 Å². The van der Waals surface area contributed by atoms with Gasteiger partial charge >= 0.3 is 0 Å². The summed E-state index contributed by atoms with van der Waals surface area (Å²) in [6.45, 7) is 5.98. The zero-order chi connectivity index (χ0) is 13.1. The fourth-order valence-electron chi connectivity index (χ4n) is 1.08. The van der Waals surface area contributed by atoms with E-state index in [2.05, 4.69) is 15.5 Å². The molecule has 0 aliphatic rings. The Bertz CT molecular complexity index is 385. The molecule has 94 valence electrons. The van der Waals surface area contributed by atoms with E-state index in [0.29, 0.717) is 5.82 Å². The number of hydrogen-bond acceptors (Lipinski definition) is 4. The molecular weight excluding hydrogens is 240 g/mol.